The van der Waals surface area contributed by atoms with Crippen LogP contribution >= 0.6 is 0 Å². The van der Waals surface area contributed by atoms with Gasteiger partial charge in [-0.05, 0) is 43.4 Å². The lowest BCUT2D eigenvalue weighted by Crippen LogP contribution is -2.42. The Balaban J connectivity index is 1.62. The number of benzene rings is 1. The van der Waals surface area contributed by atoms with Gasteiger partial charge in [-0.15, -0.1) is 0 Å². The van der Waals surface area contributed by atoms with Gasteiger partial charge in [0.2, 0.25) is 11.9 Å². The summed E-state index contributed by atoms with van der Waals surface area (Å²) in [5.74, 6) is 0.475. The molecule has 1 aliphatic carbocycles. The van der Waals surface area contributed by atoms with E-state index in [0.717, 1.165) is 61.9 Å². The molecule has 2 heterocycles. The predicted molar refractivity (Wildman–Crippen MR) is 102 cm³/mol. The molecule has 1 amide bonds. The van der Waals surface area contributed by atoms with Crippen LogP contribution in [0.15, 0.2) is 30.5 Å². The number of hydrogen-bond acceptors (Lipinski definition) is 4. The van der Waals surface area contributed by atoms with Crippen LogP contribution < -0.4 is 5.73 Å². The Morgan fingerprint density at radius 3 is 2.78 bits per heavy atom. The number of nitrogens with two attached hydrogens (primary N) is 1. The van der Waals surface area contributed by atoms with Crippen LogP contribution in [-0.2, 0) is 4.79 Å². The number of rotatable bonds is 3. The van der Waals surface area contributed by atoms with Crippen LogP contribution in [0.5, 0.6) is 0 Å². The molecule has 27 heavy (non-hydrogen) atoms. The molecule has 1 unspecified atom stereocenters. The van der Waals surface area contributed by atoms with E-state index >= 15 is 0 Å². The monoisotopic (exact) mass is 368 g/mol. The van der Waals surface area contributed by atoms with Gasteiger partial charge in [0.25, 0.3) is 0 Å². The summed E-state index contributed by atoms with van der Waals surface area (Å²) in [4.78, 5) is 23.5. The van der Waals surface area contributed by atoms with Gasteiger partial charge in [-0.1, -0.05) is 25.0 Å². The average Bonchev–Trinajstić information content (AvgIpc) is 3.22. The molecule has 2 N–H and O–H groups in total. The lowest BCUT2D eigenvalue weighted by molar-refractivity contribution is -0.136. The van der Waals surface area contributed by atoms with Crippen molar-refractivity contribution in [1.82, 2.24) is 14.9 Å². The van der Waals surface area contributed by atoms with Crippen LogP contribution in [0.2, 0.25) is 0 Å². The van der Waals surface area contributed by atoms with Crippen molar-refractivity contribution in [1.29, 1.82) is 0 Å². The first kappa shape index (κ1) is 17.9. The van der Waals surface area contributed by atoms with Crippen molar-refractivity contribution >= 4 is 11.9 Å². The molecule has 0 spiro atoms. The zero-order valence-electron chi connectivity index (χ0n) is 15.4. The molecular formula is C21H25FN4O. The third-order valence-electron chi connectivity index (χ3n) is 5.80. The number of nitrogen functional groups attached to an aromatic ring is 1. The van der Waals surface area contributed by atoms with Crippen molar-refractivity contribution in [2.45, 2.75) is 44.4 Å². The molecule has 142 valence electrons. The molecule has 1 saturated carbocycles. The Morgan fingerprint density at radius 1 is 1.19 bits per heavy atom. The van der Waals surface area contributed by atoms with Gasteiger partial charge in [0.1, 0.15) is 5.82 Å². The average molecular weight is 368 g/mol. The molecule has 1 aromatic heterocycles. The van der Waals surface area contributed by atoms with Gasteiger partial charge < -0.3 is 10.6 Å². The molecule has 4 rings (SSSR count). The minimum atomic E-state index is -0.294. The molecule has 2 aromatic rings. The van der Waals surface area contributed by atoms with Gasteiger partial charge in [-0.2, -0.15) is 0 Å². The second-order valence-electron chi connectivity index (χ2n) is 7.64. The standard InChI is InChI=1S/C21H25FN4O/c22-17-9-3-7-15(11-17)18-12-24-21(23)25-19(18)16-8-4-10-26(13-16)20(27)14-5-1-2-6-14/h3,7,9,11-12,14,16H,1-2,4-6,8,10,13H2,(H2,23,24,25). The summed E-state index contributed by atoms with van der Waals surface area (Å²) in [5.41, 5.74) is 8.21. The number of nitrogens with zero attached hydrogens (tertiary/aromatic N) is 3. The van der Waals surface area contributed by atoms with Crippen LogP contribution in [0.4, 0.5) is 10.3 Å². The summed E-state index contributed by atoms with van der Waals surface area (Å²) < 4.78 is 13.7. The first-order chi connectivity index (χ1) is 13.1. The van der Waals surface area contributed by atoms with Crippen molar-refractivity contribution in [3.8, 4) is 11.1 Å². The van der Waals surface area contributed by atoms with Crippen LogP contribution in [0.1, 0.15) is 50.1 Å². The quantitative estimate of drug-likeness (QED) is 0.895. The smallest absolute Gasteiger partial charge is 0.225 e. The molecule has 2 fully saturated rings. The topological polar surface area (TPSA) is 72.1 Å². The maximum absolute atomic E-state index is 13.7. The summed E-state index contributed by atoms with van der Waals surface area (Å²) >= 11 is 0. The van der Waals surface area contributed by atoms with E-state index in [1.54, 1.807) is 12.3 Å². The van der Waals surface area contributed by atoms with Gasteiger partial charge in [0, 0.05) is 36.7 Å². The number of likely N-dealkylation sites (tertiary alicyclic amines) is 1. The van der Waals surface area contributed by atoms with Crippen molar-refractivity contribution in [2.24, 2.45) is 5.92 Å². The Kier molecular flexibility index (Phi) is 5.05. The second kappa shape index (κ2) is 7.62. The van der Waals surface area contributed by atoms with Gasteiger partial charge in [0.15, 0.2) is 0 Å². The Labute approximate surface area is 158 Å². The second-order valence-corrected chi connectivity index (χ2v) is 7.64. The molecule has 2 aliphatic rings. The van der Waals surface area contributed by atoms with Crippen LogP contribution in [0.25, 0.3) is 11.1 Å². The van der Waals surface area contributed by atoms with E-state index in [9.17, 15) is 9.18 Å². The minimum Gasteiger partial charge on any atom is -0.368 e. The summed E-state index contributed by atoms with van der Waals surface area (Å²) in [6, 6.07) is 6.44. The predicted octanol–water partition coefficient (Wildman–Crippen LogP) is 3.76. The molecule has 1 aromatic carbocycles. The van der Waals surface area contributed by atoms with Crippen molar-refractivity contribution in [3.05, 3.63) is 42.0 Å². The zero-order chi connectivity index (χ0) is 18.8. The zero-order valence-corrected chi connectivity index (χ0v) is 15.4. The number of hydrogen-bond donors (Lipinski definition) is 1. The fourth-order valence-electron chi connectivity index (χ4n) is 4.43. The Bertz CT molecular complexity index is 835. The maximum atomic E-state index is 13.7. The van der Waals surface area contributed by atoms with E-state index < -0.39 is 0 Å². The molecular weight excluding hydrogens is 343 g/mol. The van der Waals surface area contributed by atoms with Gasteiger partial charge in [-0.25, -0.2) is 14.4 Å². The first-order valence-corrected chi connectivity index (χ1v) is 9.79. The summed E-state index contributed by atoms with van der Waals surface area (Å²) in [6.45, 7) is 1.45. The molecule has 0 radical (unpaired) electrons. The van der Waals surface area contributed by atoms with E-state index in [4.69, 9.17) is 5.73 Å². The number of carbonyl (C=O) groups is 1. The number of aromatic nitrogens is 2. The molecule has 1 aliphatic heterocycles. The highest BCUT2D eigenvalue weighted by Crippen LogP contribution is 2.35. The third-order valence-corrected chi connectivity index (χ3v) is 5.80. The summed E-state index contributed by atoms with van der Waals surface area (Å²) in [7, 11) is 0. The minimum absolute atomic E-state index is 0.0904. The van der Waals surface area contributed by atoms with Crippen molar-refractivity contribution in [3.63, 3.8) is 0 Å². The number of amides is 1. The molecule has 5 nitrogen and oxygen atoms in total. The first-order valence-electron chi connectivity index (χ1n) is 9.79. The highest BCUT2D eigenvalue weighted by molar-refractivity contribution is 5.79. The van der Waals surface area contributed by atoms with E-state index in [1.807, 2.05) is 11.0 Å². The SMILES string of the molecule is Nc1ncc(-c2cccc(F)c2)c(C2CCCN(C(=O)C3CCCC3)C2)n1. The third kappa shape index (κ3) is 3.80. The lowest BCUT2D eigenvalue weighted by atomic mass is 9.89. The lowest BCUT2D eigenvalue weighted by Gasteiger charge is -2.34. The van der Waals surface area contributed by atoms with E-state index in [2.05, 4.69) is 9.97 Å². The van der Waals surface area contributed by atoms with E-state index in [1.165, 1.54) is 12.1 Å². The van der Waals surface area contributed by atoms with Gasteiger partial charge >= 0.3 is 0 Å². The summed E-state index contributed by atoms with van der Waals surface area (Å²) in [5, 5.41) is 0. The number of halogens is 1. The normalized spacial score (nSPS) is 20.8. The maximum Gasteiger partial charge on any atom is 0.225 e. The number of carbonyl (C=O) groups excluding carboxylic acids is 1. The number of anilines is 1. The fraction of sp³-hybridized carbons (Fsp3) is 0.476. The van der Waals surface area contributed by atoms with Crippen molar-refractivity contribution < 1.29 is 9.18 Å². The van der Waals surface area contributed by atoms with Gasteiger partial charge in [0.05, 0.1) is 5.69 Å². The molecule has 6 heteroatoms. The Hall–Kier alpha value is -2.50. The van der Waals surface area contributed by atoms with E-state index in [-0.39, 0.29) is 29.5 Å². The Morgan fingerprint density at radius 2 is 2.00 bits per heavy atom. The molecule has 1 saturated heterocycles. The fourth-order valence-corrected chi connectivity index (χ4v) is 4.43. The van der Waals surface area contributed by atoms with Crippen LogP contribution in [0.3, 0.4) is 0 Å². The van der Waals surface area contributed by atoms with Crippen LogP contribution in [-0.4, -0.2) is 33.9 Å². The van der Waals surface area contributed by atoms with Crippen LogP contribution in [0, 0.1) is 11.7 Å². The molecule has 0 bridgehead atoms. The highest BCUT2D eigenvalue weighted by Gasteiger charge is 2.32. The van der Waals surface area contributed by atoms with Crippen molar-refractivity contribution in [2.75, 3.05) is 18.8 Å². The van der Waals surface area contributed by atoms with Gasteiger partial charge in [-0.3, -0.25) is 4.79 Å². The van der Waals surface area contributed by atoms with E-state index in [0.29, 0.717) is 6.54 Å². The largest absolute Gasteiger partial charge is 0.368 e. The highest BCUT2D eigenvalue weighted by atomic mass is 19.1. The number of piperidine rings is 1. The summed E-state index contributed by atoms with van der Waals surface area (Å²) in [6.07, 6.45) is 7.87. The molecule has 1 atom stereocenters.